The summed E-state index contributed by atoms with van der Waals surface area (Å²) in [6.07, 6.45) is 6.67. The van der Waals surface area contributed by atoms with Crippen LogP contribution in [0.3, 0.4) is 0 Å². The zero-order valence-corrected chi connectivity index (χ0v) is 17.7. The lowest BCUT2D eigenvalue weighted by molar-refractivity contribution is -0.337. The van der Waals surface area contributed by atoms with Crippen molar-refractivity contribution in [3.05, 3.63) is 0 Å². The quantitative estimate of drug-likeness (QED) is 0.651. The van der Waals surface area contributed by atoms with Crippen LogP contribution in [0.4, 0.5) is 0 Å². The molecule has 1 N–H and O–H groups in total. The Kier molecular flexibility index (Phi) is 7.87. The summed E-state index contributed by atoms with van der Waals surface area (Å²) in [5, 5.41) is 8.99. The standard InChI is InChI=1S/C22H38O5/c1-14(18(5)23)6-8-19-15(2)10-12-22(26-19)13-11-17(4)21(27-22)16(3)7-9-20(24)25/h14-17,19,21H,6-13H2,1-5H3,(H,24,25)/t14-,15+,16+,17-,19-,21-,22+/m0/s1. The first-order valence-corrected chi connectivity index (χ1v) is 10.7. The van der Waals surface area contributed by atoms with Crippen LogP contribution in [0.5, 0.6) is 0 Å². The molecule has 5 heteroatoms. The Morgan fingerprint density at radius 3 is 2.30 bits per heavy atom. The maximum Gasteiger partial charge on any atom is 0.303 e. The summed E-state index contributed by atoms with van der Waals surface area (Å²) in [6, 6.07) is 0. The minimum absolute atomic E-state index is 0.0447. The van der Waals surface area contributed by atoms with E-state index in [0.717, 1.165) is 38.5 Å². The van der Waals surface area contributed by atoms with E-state index < -0.39 is 11.8 Å². The van der Waals surface area contributed by atoms with Crippen LogP contribution in [-0.2, 0) is 19.1 Å². The lowest BCUT2D eigenvalue weighted by atomic mass is 9.80. The fourth-order valence-corrected chi connectivity index (χ4v) is 4.54. The van der Waals surface area contributed by atoms with Gasteiger partial charge in [-0.15, -0.1) is 0 Å². The van der Waals surface area contributed by atoms with Gasteiger partial charge in [-0.1, -0.05) is 27.7 Å². The molecule has 2 aliphatic heterocycles. The second-order valence-electron chi connectivity index (χ2n) is 9.18. The molecular weight excluding hydrogens is 344 g/mol. The number of Topliss-reactive ketones (excluding diaryl/α,β-unsaturated/α-hetero) is 1. The van der Waals surface area contributed by atoms with Crippen molar-refractivity contribution in [3.8, 4) is 0 Å². The summed E-state index contributed by atoms with van der Waals surface area (Å²) in [5.41, 5.74) is 0. The van der Waals surface area contributed by atoms with Gasteiger partial charge in [0.1, 0.15) is 5.78 Å². The summed E-state index contributed by atoms with van der Waals surface area (Å²) >= 11 is 0. The predicted molar refractivity (Wildman–Crippen MR) is 104 cm³/mol. The van der Waals surface area contributed by atoms with Crippen molar-refractivity contribution in [2.24, 2.45) is 23.7 Å². The number of aliphatic carboxylic acids is 1. The van der Waals surface area contributed by atoms with E-state index >= 15 is 0 Å². The van der Waals surface area contributed by atoms with Crippen molar-refractivity contribution in [3.63, 3.8) is 0 Å². The number of carboxylic acids is 1. The molecule has 0 aromatic heterocycles. The van der Waals surface area contributed by atoms with E-state index in [-0.39, 0.29) is 36.2 Å². The van der Waals surface area contributed by atoms with Gasteiger partial charge in [-0.05, 0) is 56.8 Å². The molecule has 0 amide bonds. The maximum absolute atomic E-state index is 11.5. The Bertz CT molecular complexity index is 515. The first-order chi connectivity index (χ1) is 12.6. The second-order valence-corrected chi connectivity index (χ2v) is 9.18. The van der Waals surface area contributed by atoms with E-state index in [0.29, 0.717) is 18.3 Å². The molecule has 156 valence electrons. The summed E-state index contributed by atoms with van der Waals surface area (Å²) < 4.78 is 13.1. The van der Waals surface area contributed by atoms with Crippen LogP contribution in [0.15, 0.2) is 0 Å². The van der Waals surface area contributed by atoms with Crippen molar-refractivity contribution < 1.29 is 24.2 Å². The predicted octanol–water partition coefficient (Wildman–Crippen LogP) is 4.82. The average Bonchev–Trinajstić information content (AvgIpc) is 2.62. The highest BCUT2D eigenvalue weighted by Crippen LogP contribution is 2.45. The van der Waals surface area contributed by atoms with Crippen LogP contribution >= 0.6 is 0 Å². The molecule has 0 aliphatic carbocycles. The zero-order chi connectivity index (χ0) is 20.2. The number of carbonyl (C=O) groups is 2. The molecule has 0 aromatic carbocycles. The van der Waals surface area contributed by atoms with Gasteiger partial charge >= 0.3 is 5.97 Å². The van der Waals surface area contributed by atoms with Gasteiger partial charge in [0.15, 0.2) is 5.79 Å². The van der Waals surface area contributed by atoms with E-state index in [1.807, 2.05) is 6.92 Å². The van der Waals surface area contributed by atoms with E-state index in [2.05, 4.69) is 20.8 Å². The summed E-state index contributed by atoms with van der Waals surface area (Å²) in [7, 11) is 0. The molecule has 2 saturated heterocycles. The van der Waals surface area contributed by atoms with Crippen molar-refractivity contribution in [2.75, 3.05) is 0 Å². The highest BCUT2D eigenvalue weighted by Gasteiger charge is 2.47. The van der Waals surface area contributed by atoms with Gasteiger partial charge in [0.25, 0.3) is 0 Å². The molecule has 2 heterocycles. The van der Waals surface area contributed by atoms with Crippen LogP contribution in [0.2, 0.25) is 0 Å². The lowest BCUT2D eigenvalue weighted by Gasteiger charge is -2.51. The minimum Gasteiger partial charge on any atom is -0.481 e. The summed E-state index contributed by atoms with van der Waals surface area (Å²) in [5.74, 6) is 0.137. The third kappa shape index (κ3) is 6.02. The molecule has 7 atom stereocenters. The van der Waals surface area contributed by atoms with E-state index in [4.69, 9.17) is 14.6 Å². The van der Waals surface area contributed by atoms with E-state index in [1.165, 1.54) is 0 Å². The van der Waals surface area contributed by atoms with Crippen LogP contribution in [0.1, 0.15) is 86.0 Å². The first-order valence-electron chi connectivity index (χ1n) is 10.7. The molecule has 2 rings (SSSR count). The van der Waals surface area contributed by atoms with Gasteiger partial charge in [-0.3, -0.25) is 9.59 Å². The number of carboxylic acid groups (broad SMARTS) is 1. The first kappa shape index (κ1) is 22.4. The number of carbonyl (C=O) groups excluding carboxylic acids is 1. The minimum atomic E-state index is -0.748. The molecule has 2 fully saturated rings. The van der Waals surface area contributed by atoms with Crippen LogP contribution in [0, 0.1) is 23.7 Å². The van der Waals surface area contributed by atoms with Crippen LogP contribution < -0.4 is 0 Å². The van der Waals surface area contributed by atoms with Gasteiger partial charge in [-0.25, -0.2) is 0 Å². The lowest BCUT2D eigenvalue weighted by Crippen LogP contribution is -2.53. The van der Waals surface area contributed by atoms with Gasteiger partial charge in [0.05, 0.1) is 12.2 Å². The highest BCUT2D eigenvalue weighted by atomic mass is 16.7. The Labute approximate surface area is 164 Å². The molecule has 0 bridgehead atoms. The maximum atomic E-state index is 11.5. The SMILES string of the molecule is CC(=O)[C@@H](C)CC[C@@H]1O[C@@]2(CC[C@H]1C)CC[C@H](C)[C@H]([C@H](C)CCC(=O)O)O2. The molecule has 1 spiro atoms. The molecule has 5 nitrogen and oxygen atoms in total. The van der Waals surface area contributed by atoms with Crippen LogP contribution in [0.25, 0.3) is 0 Å². The van der Waals surface area contributed by atoms with Crippen molar-refractivity contribution in [1.82, 2.24) is 0 Å². The number of ketones is 1. The average molecular weight is 383 g/mol. The Morgan fingerprint density at radius 1 is 1.07 bits per heavy atom. The molecule has 0 saturated carbocycles. The summed E-state index contributed by atoms with van der Waals surface area (Å²) in [4.78, 5) is 22.5. The Balaban J connectivity index is 2.00. The van der Waals surface area contributed by atoms with Gasteiger partial charge in [0, 0.05) is 25.2 Å². The number of rotatable bonds is 8. The van der Waals surface area contributed by atoms with Crippen molar-refractivity contribution >= 4 is 11.8 Å². The molecule has 27 heavy (non-hydrogen) atoms. The number of ether oxygens (including phenoxy) is 2. The van der Waals surface area contributed by atoms with E-state index in [9.17, 15) is 9.59 Å². The Hall–Kier alpha value is -0.940. The topological polar surface area (TPSA) is 72.8 Å². The van der Waals surface area contributed by atoms with Crippen molar-refractivity contribution in [1.29, 1.82) is 0 Å². The molecule has 2 aliphatic rings. The molecular formula is C22H38O5. The molecule has 0 unspecified atom stereocenters. The number of hydrogen-bond donors (Lipinski definition) is 1. The van der Waals surface area contributed by atoms with Crippen LogP contribution in [-0.4, -0.2) is 34.9 Å². The van der Waals surface area contributed by atoms with Gasteiger partial charge in [-0.2, -0.15) is 0 Å². The smallest absolute Gasteiger partial charge is 0.303 e. The van der Waals surface area contributed by atoms with Crippen molar-refractivity contribution in [2.45, 2.75) is 104 Å². The largest absolute Gasteiger partial charge is 0.481 e. The third-order valence-electron chi connectivity index (χ3n) is 6.83. The third-order valence-corrected chi connectivity index (χ3v) is 6.83. The molecule has 0 radical (unpaired) electrons. The van der Waals surface area contributed by atoms with E-state index in [1.54, 1.807) is 6.92 Å². The highest BCUT2D eigenvalue weighted by molar-refractivity contribution is 5.77. The van der Waals surface area contributed by atoms with Gasteiger partial charge in [0.2, 0.25) is 0 Å². The van der Waals surface area contributed by atoms with Gasteiger partial charge < -0.3 is 14.6 Å². The number of hydrogen-bond acceptors (Lipinski definition) is 4. The normalized spacial score (nSPS) is 36.3. The monoisotopic (exact) mass is 382 g/mol. The molecule has 0 aromatic rings. The summed E-state index contributed by atoms with van der Waals surface area (Å²) in [6.45, 7) is 10.2. The fourth-order valence-electron chi connectivity index (χ4n) is 4.54. The fraction of sp³-hybridized carbons (Fsp3) is 0.909. The second kappa shape index (κ2) is 9.51. The Morgan fingerprint density at radius 2 is 1.70 bits per heavy atom. The zero-order valence-electron chi connectivity index (χ0n) is 17.7.